The van der Waals surface area contributed by atoms with Gasteiger partial charge in [0.15, 0.2) is 11.6 Å². The van der Waals surface area contributed by atoms with Crippen LogP contribution in [0.25, 0.3) is 0 Å². The molecule has 0 aromatic heterocycles. The standard InChI is InChI=1S/C20H21F2NO3/c1-12(2)26-18(24)11-17(14-9-7-13(3)8-10-14)23-20(25)15-5-4-6-16(21)19(15)22/h4-10,12,17H,11H2,1-3H3,(H,23,25). The lowest BCUT2D eigenvalue weighted by Crippen LogP contribution is -2.31. The molecule has 0 radical (unpaired) electrons. The van der Waals surface area contributed by atoms with Gasteiger partial charge >= 0.3 is 5.97 Å². The average molecular weight is 361 g/mol. The highest BCUT2D eigenvalue weighted by Gasteiger charge is 2.23. The molecular weight excluding hydrogens is 340 g/mol. The Morgan fingerprint density at radius 2 is 1.73 bits per heavy atom. The van der Waals surface area contributed by atoms with Gasteiger partial charge in [-0.3, -0.25) is 9.59 Å². The smallest absolute Gasteiger partial charge is 0.308 e. The summed E-state index contributed by atoms with van der Waals surface area (Å²) in [5.41, 5.74) is 1.26. The highest BCUT2D eigenvalue weighted by molar-refractivity contribution is 5.95. The quantitative estimate of drug-likeness (QED) is 0.789. The highest BCUT2D eigenvalue weighted by Crippen LogP contribution is 2.20. The molecule has 138 valence electrons. The van der Waals surface area contributed by atoms with Crippen molar-refractivity contribution >= 4 is 11.9 Å². The van der Waals surface area contributed by atoms with E-state index in [2.05, 4.69) is 5.32 Å². The van der Waals surface area contributed by atoms with Crippen molar-refractivity contribution in [2.75, 3.05) is 0 Å². The summed E-state index contributed by atoms with van der Waals surface area (Å²) in [6.45, 7) is 5.35. The second kappa shape index (κ2) is 8.56. The molecule has 0 fully saturated rings. The van der Waals surface area contributed by atoms with Gasteiger partial charge in [-0.1, -0.05) is 35.9 Å². The Morgan fingerprint density at radius 1 is 1.08 bits per heavy atom. The third-order valence-electron chi connectivity index (χ3n) is 3.72. The zero-order valence-corrected chi connectivity index (χ0v) is 14.9. The molecule has 1 amide bonds. The average Bonchev–Trinajstić information content (AvgIpc) is 2.56. The lowest BCUT2D eigenvalue weighted by atomic mass is 10.0. The van der Waals surface area contributed by atoms with Crippen molar-refractivity contribution < 1.29 is 23.1 Å². The topological polar surface area (TPSA) is 55.4 Å². The number of hydrogen-bond donors (Lipinski definition) is 1. The van der Waals surface area contributed by atoms with Crippen LogP contribution >= 0.6 is 0 Å². The van der Waals surface area contributed by atoms with E-state index in [0.717, 1.165) is 11.6 Å². The number of amides is 1. The molecule has 1 N–H and O–H groups in total. The van der Waals surface area contributed by atoms with E-state index in [-0.39, 0.29) is 12.5 Å². The second-order valence-electron chi connectivity index (χ2n) is 6.28. The third-order valence-corrected chi connectivity index (χ3v) is 3.72. The maximum Gasteiger partial charge on any atom is 0.308 e. The molecule has 0 spiro atoms. The van der Waals surface area contributed by atoms with Crippen molar-refractivity contribution in [1.29, 1.82) is 0 Å². The van der Waals surface area contributed by atoms with E-state index in [4.69, 9.17) is 4.74 Å². The Balaban J connectivity index is 2.25. The number of carbonyl (C=O) groups excluding carboxylic acids is 2. The summed E-state index contributed by atoms with van der Waals surface area (Å²) in [6.07, 6.45) is -0.415. The first-order chi connectivity index (χ1) is 12.3. The second-order valence-corrected chi connectivity index (χ2v) is 6.28. The number of benzene rings is 2. The Morgan fingerprint density at radius 3 is 2.35 bits per heavy atom. The predicted octanol–water partition coefficient (Wildman–Crippen LogP) is 4.09. The SMILES string of the molecule is Cc1ccc(C(CC(=O)OC(C)C)NC(=O)c2cccc(F)c2F)cc1. The largest absolute Gasteiger partial charge is 0.463 e. The highest BCUT2D eigenvalue weighted by atomic mass is 19.2. The van der Waals surface area contributed by atoms with Crippen LogP contribution in [0.3, 0.4) is 0 Å². The van der Waals surface area contributed by atoms with Gasteiger partial charge in [0.25, 0.3) is 5.91 Å². The van der Waals surface area contributed by atoms with Crippen LogP contribution in [0.5, 0.6) is 0 Å². The monoisotopic (exact) mass is 361 g/mol. The number of hydrogen-bond acceptors (Lipinski definition) is 3. The Labute approximate surface area is 151 Å². The van der Waals surface area contributed by atoms with Crippen LogP contribution in [0.1, 0.15) is 47.8 Å². The van der Waals surface area contributed by atoms with Crippen molar-refractivity contribution in [3.05, 3.63) is 70.8 Å². The number of carbonyl (C=O) groups is 2. The molecule has 2 aromatic rings. The summed E-state index contributed by atoms with van der Waals surface area (Å²) in [5.74, 6) is -3.63. The van der Waals surface area contributed by atoms with Gasteiger partial charge < -0.3 is 10.1 Å². The molecule has 26 heavy (non-hydrogen) atoms. The fraction of sp³-hybridized carbons (Fsp3) is 0.300. The molecule has 0 aliphatic carbocycles. The van der Waals surface area contributed by atoms with Gasteiger partial charge in [0, 0.05) is 0 Å². The van der Waals surface area contributed by atoms with Gasteiger partial charge in [-0.05, 0) is 38.5 Å². The maximum absolute atomic E-state index is 13.9. The minimum absolute atomic E-state index is 0.121. The van der Waals surface area contributed by atoms with Crippen molar-refractivity contribution in [2.45, 2.75) is 39.3 Å². The van der Waals surface area contributed by atoms with E-state index in [1.54, 1.807) is 26.0 Å². The molecule has 0 heterocycles. The van der Waals surface area contributed by atoms with E-state index >= 15 is 0 Å². The van der Waals surface area contributed by atoms with Crippen molar-refractivity contribution in [2.24, 2.45) is 0 Å². The van der Waals surface area contributed by atoms with Gasteiger partial charge in [-0.15, -0.1) is 0 Å². The first kappa shape index (κ1) is 19.6. The summed E-state index contributed by atoms with van der Waals surface area (Å²) < 4.78 is 32.4. The van der Waals surface area contributed by atoms with Gasteiger partial charge in [-0.2, -0.15) is 0 Å². The zero-order valence-electron chi connectivity index (χ0n) is 14.9. The number of aryl methyl sites for hydroxylation is 1. The van der Waals surface area contributed by atoms with Crippen LogP contribution in [0, 0.1) is 18.6 Å². The summed E-state index contributed by atoms with van der Waals surface area (Å²) in [6, 6.07) is 9.86. The van der Waals surface area contributed by atoms with E-state index in [1.807, 2.05) is 19.1 Å². The van der Waals surface area contributed by atoms with Gasteiger partial charge in [-0.25, -0.2) is 8.78 Å². The van der Waals surface area contributed by atoms with Crippen molar-refractivity contribution in [1.82, 2.24) is 5.32 Å². The molecule has 0 saturated heterocycles. The minimum Gasteiger partial charge on any atom is -0.463 e. The number of rotatable bonds is 6. The van der Waals surface area contributed by atoms with Crippen molar-refractivity contribution in [3.63, 3.8) is 0 Å². The summed E-state index contributed by atoms with van der Waals surface area (Å²) >= 11 is 0. The summed E-state index contributed by atoms with van der Waals surface area (Å²) in [4.78, 5) is 24.4. The molecule has 1 atom stereocenters. The Hall–Kier alpha value is -2.76. The molecule has 2 rings (SSSR count). The third kappa shape index (κ3) is 5.12. The Bertz CT molecular complexity index is 788. The number of nitrogens with one attached hydrogen (secondary N) is 1. The molecule has 1 unspecified atom stereocenters. The minimum atomic E-state index is -1.22. The summed E-state index contributed by atoms with van der Waals surface area (Å²) in [5, 5.41) is 2.59. The van der Waals surface area contributed by atoms with Crippen LogP contribution < -0.4 is 5.32 Å². The van der Waals surface area contributed by atoms with E-state index in [0.29, 0.717) is 5.56 Å². The fourth-order valence-electron chi connectivity index (χ4n) is 2.44. The molecule has 0 aliphatic rings. The number of ether oxygens (including phenoxy) is 1. The molecule has 0 bridgehead atoms. The van der Waals surface area contributed by atoms with E-state index < -0.39 is 35.1 Å². The fourth-order valence-corrected chi connectivity index (χ4v) is 2.44. The van der Waals surface area contributed by atoms with Crippen LogP contribution in [0.2, 0.25) is 0 Å². The Kier molecular flexibility index (Phi) is 6.44. The molecule has 2 aromatic carbocycles. The first-order valence-corrected chi connectivity index (χ1v) is 8.29. The summed E-state index contributed by atoms with van der Waals surface area (Å²) in [7, 11) is 0. The normalized spacial score (nSPS) is 11.9. The lowest BCUT2D eigenvalue weighted by Gasteiger charge is -2.20. The molecule has 4 nitrogen and oxygen atoms in total. The van der Waals surface area contributed by atoms with Gasteiger partial charge in [0.2, 0.25) is 0 Å². The van der Waals surface area contributed by atoms with Crippen LogP contribution in [-0.4, -0.2) is 18.0 Å². The molecule has 6 heteroatoms. The van der Waals surface area contributed by atoms with Crippen molar-refractivity contribution in [3.8, 4) is 0 Å². The molecular formula is C20H21F2NO3. The molecule has 0 saturated carbocycles. The van der Waals surface area contributed by atoms with E-state index in [1.165, 1.54) is 12.1 Å². The predicted molar refractivity (Wildman–Crippen MR) is 93.6 cm³/mol. The van der Waals surface area contributed by atoms with E-state index in [9.17, 15) is 18.4 Å². The maximum atomic E-state index is 13.9. The molecule has 0 aliphatic heterocycles. The van der Waals surface area contributed by atoms with Crippen LogP contribution in [-0.2, 0) is 9.53 Å². The zero-order chi connectivity index (χ0) is 19.3. The van der Waals surface area contributed by atoms with Crippen LogP contribution in [0.15, 0.2) is 42.5 Å². The lowest BCUT2D eigenvalue weighted by molar-refractivity contribution is -0.147. The van der Waals surface area contributed by atoms with Gasteiger partial charge in [0.05, 0.1) is 24.1 Å². The first-order valence-electron chi connectivity index (χ1n) is 8.29. The van der Waals surface area contributed by atoms with Gasteiger partial charge in [0.1, 0.15) is 0 Å². The number of halogens is 2. The number of esters is 1. The van der Waals surface area contributed by atoms with Crippen LogP contribution in [0.4, 0.5) is 8.78 Å².